The molecule has 1 aromatic rings. The maximum absolute atomic E-state index is 4.30. The van der Waals surface area contributed by atoms with Crippen LogP contribution in [0.25, 0.3) is 0 Å². The monoisotopic (exact) mass is 219 g/mol. The van der Waals surface area contributed by atoms with E-state index in [1.165, 1.54) is 31.6 Å². The number of nitrogens with one attached hydrogen (secondary N) is 1. The second-order valence-corrected chi connectivity index (χ2v) is 4.44. The molecule has 2 rings (SSSR count). The van der Waals surface area contributed by atoms with Crippen molar-refractivity contribution in [3.8, 4) is 0 Å². The van der Waals surface area contributed by atoms with Gasteiger partial charge >= 0.3 is 0 Å². The van der Waals surface area contributed by atoms with E-state index in [1.54, 1.807) is 0 Å². The van der Waals surface area contributed by atoms with Crippen molar-refractivity contribution in [3.05, 3.63) is 18.3 Å². The van der Waals surface area contributed by atoms with Crippen molar-refractivity contribution in [3.63, 3.8) is 0 Å². The molecule has 3 nitrogen and oxygen atoms in total. The molecule has 0 bridgehead atoms. The summed E-state index contributed by atoms with van der Waals surface area (Å²) in [6, 6.07) is 4.26. The lowest BCUT2D eigenvalue weighted by Crippen LogP contribution is -2.19. The predicted octanol–water partition coefficient (Wildman–Crippen LogP) is 2.75. The van der Waals surface area contributed by atoms with E-state index in [0.29, 0.717) is 0 Å². The SMILES string of the molecule is CCNc1cc(N2CCC(CC)C2)ccn1. The van der Waals surface area contributed by atoms with Gasteiger partial charge in [0, 0.05) is 37.6 Å². The molecule has 1 aromatic heterocycles. The molecule has 1 saturated heterocycles. The van der Waals surface area contributed by atoms with E-state index in [4.69, 9.17) is 0 Å². The molecule has 1 unspecified atom stereocenters. The molecule has 1 aliphatic heterocycles. The first-order chi connectivity index (χ1) is 7.83. The second-order valence-electron chi connectivity index (χ2n) is 4.44. The first-order valence-electron chi connectivity index (χ1n) is 6.28. The Bertz CT molecular complexity index is 338. The fourth-order valence-electron chi connectivity index (χ4n) is 2.29. The van der Waals surface area contributed by atoms with Crippen LogP contribution in [0.1, 0.15) is 26.7 Å². The molecule has 0 aromatic carbocycles. The highest BCUT2D eigenvalue weighted by Gasteiger charge is 2.21. The smallest absolute Gasteiger partial charge is 0.127 e. The lowest BCUT2D eigenvalue weighted by Gasteiger charge is -2.19. The zero-order valence-corrected chi connectivity index (χ0v) is 10.2. The molecule has 0 radical (unpaired) electrons. The average Bonchev–Trinajstić information content (AvgIpc) is 2.78. The number of anilines is 2. The van der Waals surface area contributed by atoms with Crippen LogP contribution in [0.15, 0.2) is 18.3 Å². The molecule has 1 N–H and O–H groups in total. The standard InChI is InChI=1S/C13H21N3/c1-3-11-6-8-16(10-11)12-5-7-15-13(9-12)14-4-2/h5,7,9,11H,3-4,6,8,10H2,1-2H3,(H,14,15). The summed E-state index contributed by atoms with van der Waals surface area (Å²) in [6.45, 7) is 7.69. The molecular formula is C13H21N3. The van der Waals surface area contributed by atoms with Crippen LogP contribution in [-0.4, -0.2) is 24.6 Å². The zero-order valence-electron chi connectivity index (χ0n) is 10.2. The third-order valence-electron chi connectivity index (χ3n) is 3.33. The lowest BCUT2D eigenvalue weighted by molar-refractivity contribution is 0.569. The van der Waals surface area contributed by atoms with Crippen molar-refractivity contribution in [2.45, 2.75) is 26.7 Å². The van der Waals surface area contributed by atoms with Gasteiger partial charge in [0.15, 0.2) is 0 Å². The van der Waals surface area contributed by atoms with E-state index >= 15 is 0 Å². The Labute approximate surface area is 97.9 Å². The Morgan fingerprint density at radius 1 is 1.50 bits per heavy atom. The van der Waals surface area contributed by atoms with Gasteiger partial charge in [-0.2, -0.15) is 0 Å². The number of pyridine rings is 1. The van der Waals surface area contributed by atoms with Crippen molar-refractivity contribution in [2.75, 3.05) is 29.9 Å². The van der Waals surface area contributed by atoms with Crippen molar-refractivity contribution in [2.24, 2.45) is 5.92 Å². The van der Waals surface area contributed by atoms with Crippen molar-refractivity contribution >= 4 is 11.5 Å². The average molecular weight is 219 g/mol. The Morgan fingerprint density at radius 2 is 2.38 bits per heavy atom. The molecule has 2 heterocycles. The van der Waals surface area contributed by atoms with Crippen LogP contribution in [0, 0.1) is 5.92 Å². The number of rotatable bonds is 4. The summed E-state index contributed by atoms with van der Waals surface area (Å²) in [5.74, 6) is 1.86. The van der Waals surface area contributed by atoms with Gasteiger partial charge in [-0.3, -0.25) is 0 Å². The number of hydrogen-bond donors (Lipinski definition) is 1. The summed E-state index contributed by atoms with van der Waals surface area (Å²) < 4.78 is 0. The Kier molecular flexibility index (Phi) is 3.65. The summed E-state index contributed by atoms with van der Waals surface area (Å²) in [7, 11) is 0. The molecule has 16 heavy (non-hydrogen) atoms. The minimum absolute atomic E-state index is 0.871. The highest BCUT2D eigenvalue weighted by atomic mass is 15.2. The van der Waals surface area contributed by atoms with Crippen LogP contribution < -0.4 is 10.2 Å². The van der Waals surface area contributed by atoms with E-state index in [2.05, 4.69) is 41.2 Å². The van der Waals surface area contributed by atoms with Gasteiger partial charge in [0.25, 0.3) is 0 Å². The van der Waals surface area contributed by atoms with Crippen LogP contribution in [0.3, 0.4) is 0 Å². The topological polar surface area (TPSA) is 28.2 Å². The molecule has 3 heteroatoms. The van der Waals surface area contributed by atoms with Crippen molar-refractivity contribution < 1.29 is 0 Å². The molecule has 0 spiro atoms. The van der Waals surface area contributed by atoms with E-state index in [-0.39, 0.29) is 0 Å². The summed E-state index contributed by atoms with van der Waals surface area (Å²) in [5.41, 5.74) is 1.31. The minimum Gasteiger partial charge on any atom is -0.371 e. The van der Waals surface area contributed by atoms with Crippen LogP contribution in [-0.2, 0) is 0 Å². The van der Waals surface area contributed by atoms with E-state index in [9.17, 15) is 0 Å². The minimum atomic E-state index is 0.871. The maximum atomic E-state index is 4.30. The number of hydrogen-bond acceptors (Lipinski definition) is 3. The van der Waals surface area contributed by atoms with E-state index in [0.717, 1.165) is 18.3 Å². The highest BCUT2D eigenvalue weighted by Crippen LogP contribution is 2.26. The van der Waals surface area contributed by atoms with Gasteiger partial charge in [0.05, 0.1) is 0 Å². The molecule has 0 amide bonds. The first kappa shape index (κ1) is 11.2. The normalized spacial score (nSPS) is 20.1. The van der Waals surface area contributed by atoms with E-state index < -0.39 is 0 Å². The third kappa shape index (κ3) is 2.46. The van der Waals surface area contributed by atoms with Gasteiger partial charge in [-0.15, -0.1) is 0 Å². The van der Waals surface area contributed by atoms with Gasteiger partial charge in [-0.25, -0.2) is 4.98 Å². The van der Waals surface area contributed by atoms with Gasteiger partial charge in [0.1, 0.15) is 5.82 Å². The zero-order chi connectivity index (χ0) is 11.4. The third-order valence-corrected chi connectivity index (χ3v) is 3.33. The molecule has 0 saturated carbocycles. The number of aromatic nitrogens is 1. The lowest BCUT2D eigenvalue weighted by atomic mass is 10.1. The number of nitrogens with zero attached hydrogens (tertiary/aromatic N) is 2. The molecule has 88 valence electrons. The molecule has 1 fully saturated rings. The Balaban J connectivity index is 2.06. The van der Waals surface area contributed by atoms with Gasteiger partial charge < -0.3 is 10.2 Å². The van der Waals surface area contributed by atoms with Crippen LogP contribution in [0.5, 0.6) is 0 Å². The summed E-state index contributed by atoms with van der Waals surface area (Å²) in [5, 5.41) is 3.26. The van der Waals surface area contributed by atoms with Gasteiger partial charge in [-0.1, -0.05) is 13.3 Å². The molecule has 0 aliphatic carbocycles. The Hall–Kier alpha value is -1.25. The van der Waals surface area contributed by atoms with Crippen molar-refractivity contribution in [1.29, 1.82) is 0 Å². The second kappa shape index (κ2) is 5.19. The van der Waals surface area contributed by atoms with Crippen LogP contribution in [0.2, 0.25) is 0 Å². The van der Waals surface area contributed by atoms with Crippen molar-refractivity contribution in [1.82, 2.24) is 4.98 Å². The fraction of sp³-hybridized carbons (Fsp3) is 0.615. The first-order valence-corrected chi connectivity index (χ1v) is 6.28. The predicted molar refractivity (Wildman–Crippen MR) is 69.0 cm³/mol. The van der Waals surface area contributed by atoms with E-state index in [1.807, 2.05) is 6.20 Å². The quantitative estimate of drug-likeness (QED) is 0.844. The fourth-order valence-corrected chi connectivity index (χ4v) is 2.29. The maximum Gasteiger partial charge on any atom is 0.127 e. The van der Waals surface area contributed by atoms with Gasteiger partial charge in [-0.05, 0) is 25.3 Å². The molecule has 1 atom stereocenters. The summed E-state index contributed by atoms with van der Waals surface area (Å²) >= 11 is 0. The Morgan fingerprint density at radius 3 is 3.06 bits per heavy atom. The highest BCUT2D eigenvalue weighted by molar-refractivity contribution is 5.54. The molecular weight excluding hydrogens is 198 g/mol. The largest absolute Gasteiger partial charge is 0.371 e. The summed E-state index contributed by atoms with van der Waals surface area (Å²) in [6.07, 6.45) is 4.52. The van der Waals surface area contributed by atoms with Gasteiger partial charge in [0.2, 0.25) is 0 Å². The summed E-state index contributed by atoms with van der Waals surface area (Å²) in [4.78, 5) is 6.77. The van der Waals surface area contributed by atoms with Crippen LogP contribution in [0.4, 0.5) is 11.5 Å². The van der Waals surface area contributed by atoms with Crippen LogP contribution >= 0.6 is 0 Å². The molecule has 1 aliphatic rings.